The zero-order chi connectivity index (χ0) is 19.6. The minimum Gasteiger partial charge on any atom is -0.478 e. The molecule has 0 aliphatic heterocycles. The van der Waals surface area contributed by atoms with Gasteiger partial charge in [-0.25, -0.2) is 18.4 Å². The molecule has 0 aliphatic rings. The van der Waals surface area contributed by atoms with E-state index in [1.165, 1.54) is 17.4 Å². The lowest BCUT2D eigenvalue weighted by atomic mass is 10.0. The number of nitrogens with two attached hydrogens (primary N) is 1. The van der Waals surface area contributed by atoms with E-state index in [0.29, 0.717) is 23.4 Å². The highest BCUT2D eigenvalue weighted by Gasteiger charge is 2.22. The smallest absolute Gasteiger partial charge is 0.335 e. The quantitative estimate of drug-likeness (QED) is 0.583. The third-order valence-electron chi connectivity index (χ3n) is 4.07. The molecule has 0 saturated heterocycles. The Morgan fingerprint density at radius 2 is 1.89 bits per heavy atom. The molecule has 4 N–H and O–H groups in total. The molecule has 0 bridgehead atoms. The van der Waals surface area contributed by atoms with Crippen molar-refractivity contribution in [3.8, 4) is 11.1 Å². The lowest BCUT2D eigenvalue weighted by molar-refractivity contribution is 0.0696. The van der Waals surface area contributed by atoms with Gasteiger partial charge in [-0.15, -0.1) is 0 Å². The van der Waals surface area contributed by atoms with Crippen LogP contribution in [0.3, 0.4) is 0 Å². The first-order chi connectivity index (χ1) is 12.8. The molecule has 0 unspecified atom stereocenters. The number of rotatable bonds is 6. The first-order valence-electron chi connectivity index (χ1n) is 8.02. The molecule has 1 aromatic heterocycles. The van der Waals surface area contributed by atoms with Crippen LogP contribution in [0.4, 0.5) is 5.69 Å². The predicted octanol–water partition coefficient (Wildman–Crippen LogP) is 3.68. The van der Waals surface area contributed by atoms with E-state index in [0.717, 1.165) is 17.2 Å². The highest BCUT2D eigenvalue weighted by Crippen LogP contribution is 2.37. The van der Waals surface area contributed by atoms with Crippen LogP contribution < -0.4 is 10.5 Å². The van der Waals surface area contributed by atoms with E-state index in [1.54, 1.807) is 11.4 Å². The van der Waals surface area contributed by atoms with Gasteiger partial charge < -0.3 is 10.4 Å². The zero-order valence-corrected chi connectivity index (χ0v) is 16.1. The van der Waals surface area contributed by atoms with Crippen LogP contribution in [0.2, 0.25) is 0 Å². The van der Waals surface area contributed by atoms with Gasteiger partial charge in [0.2, 0.25) is 10.0 Å². The molecule has 0 saturated carbocycles. The molecule has 6 nitrogen and oxygen atoms in total. The van der Waals surface area contributed by atoms with Crippen LogP contribution in [-0.2, 0) is 16.6 Å². The van der Waals surface area contributed by atoms with Crippen molar-refractivity contribution in [1.29, 1.82) is 0 Å². The molecule has 0 radical (unpaired) electrons. The van der Waals surface area contributed by atoms with Crippen molar-refractivity contribution >= 4 is 33.0 Å². The van der Waals surface area contributed by atoms with Gasteiger partial charge >= 0.3 is 5.97 Å². The second kappa shape index (κ2) is 7.51. The van der Waals surface area contributed by atoms with Crippen LogP contribution in [0.25, 0.3) is 11.1 Å². The van der Waals surface area contributed by atoms with Gasteiger partial charge in [-0.1, -0.05) is 29.8 Å². The van der Waals surface area contributed by atoms with E-state index in [-0.39, 0.29) is 10.5 Å². The van der Waals surface area contributed by atoms with Crippen LogP contribution >= 0.6 is 11.3 Å². The average Bonchev–Trinajstić information content (AvgIpc) is 3.13. The van der Waals surface area contributed by atoms with Gasteiger partial charge in [0, 0.05) is 17.8 Å². The van der Waals surface area contributed by atoms with E-state index >= 15 is 0 Å². The molecule has 0 amide bonds. The number of hydrogen-bond acceptors (Lipinski definition) is 5. The molecule has 3 rings (SSSR count). The number of nitrogens with one attached hydrogen (secondary N) is 1. The molecule has 0 aliphatic carbocycles. The summed E-state index contributed by atoms with van der Waals surface area (Å²) in [6.45, 7) is 2.39. The van der Waals surface area contributed by atoms with Gasteiger partial charge in [0.25, 0.3) is 0 Å². The third-order valence-corrected chi connectivity index (χ3v) is 5.69. The van der Waals surface area contributed by atoms with Gasteiger partial charge in [-0.3, -0.25) is 0 Å². The van der Waals surface area contributed by atoms with Gasteiger partial charge in [0.1, 0.15) is 0 Å². The van der Waals surface area contributed by atoms with E-state index in [4.69, 9.17) is 5.14 Å². The Bertz CT molecular complexity index is 1070. The maximum Gasteiger partial charge on any atom is 0.335 e. The summed E-state index contributed by atoms with van der Waals surface area (Å²) in [6, 6.07) is 12.1. The van der Waals surface area contributed by atoms with Crippen LogP contribution in [-0.4, -0.2) is 19.5 Å². The van der Waals surface area contributed by atoms with Crippen molar-refractivity contribution in [2.24, 2.45) is 5.14 Å². The summed E-state index contributed by atoms with van der Waals surface area (Å²) in [5, 5.41) is 21.5. The molecule has 1 heterocycles. The molecule has 0 fully saturated rings. The van der Waals surface area contributed by atoms with Gasteiger partial charge in [-0.2, -0.15) is 11.3 Å². The summed E-state index contributed by atoms with van der Waals surface area (Å²) in [5.41, 5.74) is 3.39. The SMILES string of the molecule is Cc1ccc(CNc2cc(C(=O)O)cc(S(N)(=O)=O)c2-c2ccsc2)cc1. The van der Waals surface area contributed by atoms with Crippen LogP contribution in [0.5, 0.6) is 0 Å². The van der Waals surface area contributed by atoms with Crippen molar-refractivity contribution in [3.05, 3.63) is 69.9 Å². The molecule has 140 valence electrons. The Morgan fingerprint density at radius 1 is 1.19 bits per heavy atom. The predicted molar refractivity (Wildman–Crippen MR) is 107 cm³/mol. The number of carboxylic acids is 1. The van der Waals surface area contributed by atoms with E-state index in [2.05, 4.69) is 5.32 Å². The fourth-order valence-electron chi connectivity index (χ4n) is 2.71. The monoisotopic (exact) mass is 402 g/mol. The standard InChI is InChI=1S/C19H18N2O4S2/c1-12-2-4-13(5-3-12)10-21-16-8-15(19(22)23)9-17(27(20,24)25)18(16)14-6-7-26-11-14/h2-9,11,21H,10H2,1H3,(H,22,23)(H2,20,24,25). The highest BCUT2D eigenvalue weighted by molar-refractivity contribution is 7.89. The minimum atomic E-state index is -4.13. The lowest BCUT2D eigenvalue weighted by Crippen LogP contribution is -2.16. The number of carboxylic acid groups (broad SMARTS) is 1. The number of hydrogen-bond donors (Lipinski definition) is 3. The third kappa shape index (κ3) is 4.36. The maximum atomic E-state index is 12.1. The van der Waals surface area contributed by atoms with Crippen molar-refractivity contribution in [2.75, 3.05) is 5.32 Å². The number of aryl methyl sites for hydroxylation is 1. The van der Waals surface area contributed by atoms with Crippen LogP contribution in [0, 0.1) is 6.92 Å². The Hall–Kier alpha value is -2.68. The van der Waals surface area contributed by atoms with Crippen molar-refractivity contribution < 1.29 is 18.3 Å². The fraction of sp³-hybridized carbons (Fsp3) is 0.105. The van der Waals surface area contributed by atoms with Crippen molar-refractivity contribution in [2.45, 2.75) is 18.4 Å². The number of carbonyl (C=O) groups is 1. The number of benzene rings is 2. The Balaban J connectivity index is 2.13. The number of primary sulfonamides is 1. The molecular weight excluding hydrogens is 384 g/mol. The zero-order valence-electron chi connectivity index (χ0n) is 14.5. The van der Waals surface area contributed by atoms with Crippen molar-refractivity contribution in [1.82, 2.24) is 0 Å². The van der Waals surface area contributed by atoms with Crippen LogP contribution in [0.15, 0.2) is 58.1 Å². The number of thiophene rings is 1. The first-order valence-corrected chi connectivity index (χ1v) is 10.5. The largest absolute Gasteiger partial charge is 0.478 e. The lowest BCUT2D eigenvalue weighted by Gasteiger charge is -2.16. The summed E-state index contributed by atoms with van der Waals surface area (Å²) < 4.78 is 24.3. The summed E-state index contributed by atoms with van der Waals surface area (Å²) in [4.78, 5) is 11.3. The highest BCUT2D eigenvalue weighted by atomic mass is 32.2. The Kier molecular flexibility index (Phi) is 5.31. The molecule has 0 spiro atoms. The molecule has 27 heavy (non-hydrogen) atoms. The van der Waals surface area contributed by atoms with Gasteiger partial charge in [0.15, 0.2) is 0 Å². The Labute approximate surface area is 161 Å². The molecule has 3 aromatic rings. The molecule has 8 heteroatoms. The number of aromatic carboxylic acids is 1. The van der Waals surface area contributed by atoms with Crippen molar-refractivity contribution in [3.63, 3.8) is 0 Å². The second-order valence-electron chi connectivity index (χ2n) is 6.10. The molecule has 0 atom stereocenters. The van der Waals surface area contributed by atoms with E-state index in [1.807, 2.05) is 36.6 Å². The summed E-state index contributed by atoms with van der Waals surface area (Å²) >= 11 is 1.41. The van der Waals surface area contributed by atoms with Gasteiger partial charge in [-0.05, 0) is 47.0 Å². The number of sulfonamides is 1. The molecular formula is C19H18N2O4S2. The van der Waals surface area contributed by atoms with Crippen LogP contribution in [0.1, 0.15) is 21.5 Å². The van der Waals surface area contributed by atoms with E-state index in [9.17, 15) is 18.3 Å². The Morgan fingerprint density at radius 3 is 2.44 bits per heavy atom. The number of anilines is 1. The summed E-state index contributed by atoms with van der Waals surface area (Å²) in [7, 11) is -4.13. The fourth-order valence-corrected chi connectivity index (χ4v) is 4.16. The second-order valence-corrected chi connectivity index (χ2v) is 8.41. The summed E-state index contributed by atoms with van der Waals surface area (Å²) in [5.74, 6) is -1.23. The first kappa shape index (κ1) is 19.1. The molecule has 2 aromatic carbocycles. The van der Waals surface area contributed by atoms with Gasteiger partial charge in [0.05, 0.1) is 10.5 Å². The maximum absolute atomic E-state index is 12.1. The topological polar surface area (TPSA) is 109 Å². The average molecular weight is 402 g/mol. The summed E-state index contributed by atoms with van der Waals surface area (Å²) in [6.07, 6.45) is 0. The van der Waals surface area contributed by atoms with E-state index < -0.39 is 16.0 Å². The normalized spacial score (nSPS) is 11.3. The minimum absolute atomic E-state index is 0.149.